The van der Waals surface area contributed by atoms with Gasteiger partial charge in [0, 0.05) is 45.8 Å². The largest absolute Gasteiger partial charge is 0.378 e. The number of rotatable bonds is 4. The fourth-order valence-electron chi connectivity index (χ4n) is 3.11. The van der Waals surface area contributed by atoms with Crippen LogP contribution < -0.4 is 5.32 Å². The molecule has 0 atom stereocenters. The lowest BCUT2D eigenvalue weighted by atomic mass is 10.2. The summed E-state index contributed by atoms with van der Waals surface area (Å²) in [5.74, 6) is 0.0248. The van der Waals surface area contributed by atoms with E-state index in [4.69, 9.17) is 4.74 Å². The van der Waals surface area contributed by atoms with Crippen LogP contribution >= 0.6 is 0 Å². The molecule has 0 aliphatic carbocycles. The second-order valence-corrected chi connectivity index (χ2v) is 6.41. The van der Waals surface area contributed by atoms with Gasteiger partial charge in [-0.05, 0) is 5.56 Å². The Morgan fingerprint density at radius 1 is 0.920 bits per heavy atom. The van der Waals surface area contributed by atoms with E-state index in [1.165, 1.54) is 0 Å². The zero-order valence-corrected chi connectivity index (χ0v) is 14.5. The van der Waals surface area contributed by atoms with E-state index in [-0.39, 0.29) is 11.9 Å². The van der Waals surface area contributed by atoms with Gasteiger partial charge in [-0.25, -0.2) is 4.79 Å². The van der Waals surface area contributed by atoms with E-state index in [0.717, 1.165) is 18.7 Å². The number of hydrogen-bond donors (Lipinski definition) is 1. The van der Waals surface area contributed by atoms with Gasteiger partial charge in [-0.2, -0.15) is 0 Å². The molecule has 3 amide bonds. The van der Waals surface area contributed by atoms with Gasteiger partial charge in [0.1, 0.15) is 0 Å². The maximum absolute atomic E-state index is 12.4. The Morgan fingerprint density at radius 3 is 2.24 bits per heavy atom. The van der Waals surface area contributed by atoms with E-state index < -0.39 is 0 Å². The zero-order chi connectivity index (χ0) is 17.5. The summed E-state index contributed by atoms with van der Waals surface area (Å²) in [6.45, 7) is 6.30. The third-order valence-electron chi connectivity index (χ3n) is 4.62. The highest BCUT2D eigenvalue weighted by atomic mass is 16.5. The number of hydrogen-bond acceptors (Lipinski definition) is 4. The van der Waals surface area contributed by atoms with Crippen molar-refractivity contribution in [2.45, 2.75) is 6.54 Å². The van der Waals surface area contributed by atoms with Gasteiger partial charge in [0.25, 0.3) is 0 Å². The Balaban J connectivity index is 1.37. The number of piperazine rings is 1. The molecule has 2 heterocycles. The first kappa shape index (κ1) is 17.7. The van der Waals surface area contributed by atoms with E-state index in [1.54, 1.807) is 0 Å². The molecule has 0 bridgehead atoms. The summed E-state index contributed by atoms with van der Waals surface area (Å²) >= 11 is 0. The number of ether oxygens (including phenoxy) is 1. The van der Waals surface area contributed by atoms with Crippen LogP contribution in [-0.2, 0) is 16.1 Å². The summed E-state index contributed by atoms with van der Waals surface area (Å²) < 4.78 is 5.29. The summed E-state index contributed by atoms with van der Waals surface area (Å²) in [6, 6.07) is 9.98. The zero-order valence-electron chi connectivity index (χ0n) is 14.5. The highest BCUT2D eigenvalue weighted by molar-refractivity contribution is 5.78. The van der Waals surface area contributed by atoms with E-state index in [2.05, 4.69) is 10.2 Å². The van der Waals surface area contributed by atoms with Crippen LogP contribution in [-0.4, -0.2) is 85.7 Å². The van der Waals surface area contributed by atoms with Crippen molar-refractivity contribution in [3.63, 3.8) is 0 Å². The molecule has 2 saturated heterocycles. The van der Waals surface area contributed by atoms with Gasteiger partial charge < -0.3 is 19.9 Å². The Kier molecular flexibility index (Phi) is 6.25. The van der Waals surface area contributed by atoms with Crippen molar-refractivity contribution in [1.82, 2.24) is 20.0 Å². The van der Waals surface area contributed by atoms with Crippen LogP contribution in [0.3, 0.4) is 0 Å². The molecule has 1 aromatic rings. The van der Waals surface area contributed by atoms with Crippen LogP contribution in [0.2, 0.25) is 0 Å². The van der Waals surface area contributed by atoms with Crippen molar-refractivity contribution < 1.29 is 14.3 Å². The standard InChI is InChI=1S/C18H26N4O3/c23-17(19-14-16-4-2-1-3-5-16)15-20-6-8-21(9-7-20)18(24)22-10-12-25-13-11-22/h1-5H,6-15H2,(H,19,23). The first-order valence-corrected chi connectivity index (χ1v) is 8.87. The molecule has 3 rings (SSSR count). The molecular weight excluding hydrogens is 320 g/mol. The van der Waals surface area contributed by atoms with Gasteiger partial charge in [-0.1, -0.05) is 30.3 Å². The average molecular weight is 346 g/mol. The smallest absolute Gasteiger partial charge is 0.320 e. The van der Waals surface area contributed by atoms with Crippen molar-refractivity contribution in [2.24, 2.45) is 0 Å². The van der Waals surface area contributed by atoms with Crippen molar-refractivity contribution in [2.75, 3.05) is 59.0 Å². The molecule has 0 unspecified atom stereocenters. The number of urea groups is 1. The molecule has 136 valence electrons. The third kappa shape index (κ3) is 5.17. The van der Waals surface area contributed by atoms with Gasteiger partial charge in [0.05, 0.1) is 19.8 Å². The van der Waals surface area contributed by atoms with E-state index in [0.29, 0.717) is 52.5 Å². The van der Waals surface area contributed by atoms with Crippen LogP contribution in [0.25, 0.3) is 0 Å². The maximum Gasteiger partial charge on any atom is 0.320 e. The monoisotopic (exact) mass is 346 g/mol. The normalized spacial score (nSPS) is 18.9. The van der Waals surface area contributed by atoms with Crippen molar-refractivity contribution >= 4 is 11.9 Å². The molecule has 2 fully saturated rings. The predicted octanol–water partition coefficient (Wildman–Crippen LogP) is 0.373. The molecule has 25 heavy (non-hydrogen) atoms. The number of amides is 3. The molecule has 2 aliphatic heterocycles. The van der Waals surface area contributed by atoms with E-state index in [9.17, 15) is 9.59 Å². The van der Waals surface area contributed by atoms with Crippen LogP contribution in [0, 0.1) is 0 Å². The fourth-order valence-corrected chi connectivity index (χ4v) is 3.11. The second-order valence-electron chi connectivity index (χ2n) is 6.41. The molecular formula is C18H26N4O3. The number of morpholine rings is 1. The minimum absolute atomic E-state index is 0.0248. The minimum atomic E-state index is 0.0248. The van der Waals surface area contributed by atoms with Crippen molar-refractivity contribution in [3.05, 3.63) is 35.9 Å². The molecule has 0 radical (unpaired) electrons. The van der Waals surface area contributed by atoms with Crippen molar-refractivity contribution in [1.29, 1.82) is 0 Å². The second kappa shape index (κ2) is 8.82. The quantitative estimate of drug-likeness (QED) is 0.856. The first-order valence-electron chi connectivity index (χ1n) is 8.87. The molecule has 0 aromatic heterocycles. The van der Waals surface area contributed by atoms with Gasteiger partial charge >= 0.3 is 6.03 Å². The van der Waals surface area contributed by atoms with Crippen molar-refractivity contribution in [3.8, 4) is 0 Å². The number of benzene rings is 1. The number of carbonyl (C=O) groups is 2. The lowest BCUT2D eigenvalue weighted by molar-refractivity contribution is -0.122. The molecule has 0 spiro atoms. The number of nitrogens with zero attached hydrogens (tertiary/aromatic N) is 3. The van der Waals surface area contributed by atoms with Crippen LogP contribution in [0.15, 0.2) is 30.3 Å². The molecule has 7 nitrogen and oxygen atoms in total. The topological polar surface area (TPSA) is 65.1 Å². The summed E-state index contributed by atoms with van der Waals surface area (Å²) in [4.78, 5) is 30.4. The molecule has 7 heteroatoms. The SMILES string of the molecule is O=C(CN1CCN(C(=O)N2CCOCC2)CC1)NCc1ccccc1. The van der Waals surface area contributed by atoms with E-state index >= 15 is 0 Å². The lowest BCUT2D eigenvalue weighted by Gasteiger charge is -2.38. The van der Waals surface area contributed by atoms with Gasteiger partial charge in [-0.3, -0.25) is 9.69 Å². The Hall–Kier alpha value is -2.12. The summed E-state index contributed by atoms with van der Waals surface area (Å²) in [5, 5.41) is 2.95. The van der Waals surface area contributed by atoms with Gasteiger partial charge in [-0.15, -0.1) is 0 Å². The van der Waals surface area contributed by atoms with Gasteiger partial charge in [0.15, 0.2) is 0 Å². The number of carbonyl (C=O) groups excluding carboxylic acids is 2. The summed E-state index contributed by atoms with van der Waals surface area (Å²) in [7, 11) is 0. The lowest BCUT2D eigenvalue weighted by Crippen LogP contribution is -2.55. The Labute approximate surface area is 148 Å². The number of nitrogens with one attached hydrogen (secondary N) is 1. The summed E-state index contributed by atoms with van der Waals surface area (Å²) in [6.07, 6.45) is 0. The van der Waals surface area contributed by atoms with Crippen LogP contribution in [0.4, 0.5) is 4.79 Å². The van der Waals surface area contributed by atoms with E-state index in [1.807, 2.05) is 40.1 Å². The fraction of sp³-hybridized carbons (Fsp3) is 0.556. The van der Waals surface area contributed by atoms with Crippen LogP contribution in [0.5, 0.6) is 0 Å². The highest BCUT2D eigenvalue weighted by Gasteiger charge is 2.26. The highest BCUT2D eigenvalue weighted by Crippen LogP contribution is 2.08. The third-order valence-corrected chi connectivity index (χ3v) is 4.62. The maximum atomic E-state index is 12.4. The Bertz CT molecular complexity index is 567. The molecule has 0 saturated carbocycles. The van der Waals surface area contributed by atoms with Gasteiger partial charge in [0.2, 0.25) is 5.91 Å². The predicted molar refractivity (Wildman–Crippen MR) is 94.1 cm³/mol. The van der Waals surface area contributed by atoms with Crippen LogP contribution in [0.1, 0.15) is 5.56 Å². The minimum Gasteiger partial charge on any atom is -0.378 e. The molecule has 1 aromatic carbocycles. The molecule has 1 N–H and O–H groups in total. The first-order chi connectivity index (χ1) is 12.2. The average Bonchev–Trinajstić information content (AvgIpc) is 2.68. The summed E-state index contributed by atoms with van der Waals surface area (Å²) in [5.41, 5.74) is 1.09. The Morgan fingerprint density at radius 2 is 1.56 bits per heavy atom. The molecule has 2 aliphatic rings.